The summed E-state index contributed by atoms with van der Waals surface area (Å²) in [5.74, 6) is -0.150. The quantitative estimate of drug-likeness (QED) is 0.720. The zero-order valence-electron chi connectivity index (χ0n) is 12.5. The molecule has 0 aliphatic carbocycles. The Balaban J connectivity index is 1.71. The zero-order chi connectivity index (χ0) is 15.5. The van der Waals surface area contributed by atoms with Crippen molar-refractivity contribution in [2.24, 2.45) is 0 Å². The average molecular weight is 308 g/mol. The van der Waals surface area contributed by atoms with E-state index in [4.69, 9.17) is 0 Å². The van der Waals surface area contributed by atoms with E-state index in [1.165, 1.54) is 11.6 Å². The van der Waals surface area contributed by atoms with Crippen LogP contribution in [-0.4, -0.2) is 10.9 Å². The summed E-state index contributed by atoms with van der Waals surface area (Å²) in [5, 5.41) is 3.70. The third-order valence-corrected chi connectivity index (χ3v) is 4.46. The van der Waals surface area contributed by atoms with E-state index in [-0.39, 0.29) is 5.91 Å². The van der Waals surface area contributed by atoms with Crippen molar-refractivity contribution in [3.05, 3.63) is 64.7 Å². The standard InChI is InChI=1S/C18H16N2OS/c1-12-7-8-14(11-13(12)2)19-17(21)9-10-18-20-15-5-3-4-6-16(15)22-18/h3-11H,1-2H3,(H,19,21)/b10-9+. The molecule has 4 heteroatoms. The number of rotatable bonds is 3. The number of para-hydroxylation sites is 1. The minimum absolute atomic E-state index is 0.150. The van der Waals surface area contributed by atoms with Crippen molar-refractivity contribution in [1.82, 2.24) is 4.98 Å². The Morgan fingerprint density at radius 1 is 1.14 bits per heavy atom. The van der Waals surface area contributed by atoms with Gasteiger partial charge in [0.25, 0.3) is 0 Å². The van der Waals surface area contributed by atoms with Crippen molar-refractivity contribution in [2.45, 2.75) is 13.8 Å². The SMILES string of the molecule is Cc1ccc(NC(=O)/C=C/c2nc3ccccc3s2)cc1C. The second-order valence-corrected chi connectivity index (χ2v) is 6.20. The molecule has 2 aromatic carbocycles. The summed E-state index contributed by atoms with van der Waals surface area (Å²) in [6.45, 7) is 4.08. The first kappa shape index (κ1) is 14.5. The number of benzene rings is 2. The number of thiazole rings is 1. The number of anilines is 1. The Kier molecular flexibility index (Phi) is 4.02. The summed E-state index contributed by atoms with van der Waals surface area (Å²) < 4.78 is 1.12. The number of nitrogens with one attached hydrogen (secondary N) is 1. The average Bonchev–Trinajstić information content (AvgIpc) is 2.92. The van der Waals surface area contributed by atoms with E-state index >= 15 is 0 Å². The lowest BCUT2D eigenvalue weighted by Crippen LogP contribution is -2.07. The van der Waals surface area contributed by atoms with Gasteiger partial charge in [-0.15, -0.1) is 11.3 Å². The van der Waals surface area contributed by atoms with E-state index in [9.17, 15) is 4.79 Å². The summed E-state index contributed by atoms with van der Waals surface area (Å²) in [5.41, 5.74) is 4.14. The molecular weight excluding hydrogens is 292 g/mol. The molecule has 1 N–H and O–H groups in total. The third-order valence-electron chi connectivity index (χ3n) is 3.46. The molecule has 0 spiro atoms. The van der Waals surface area contributed by atoms with E-state index in [0.29, 0.717) is 0 Å². The highest BCUT2D eigenvalue weighted by Crippen LogP contribution is 2.22. The van der Waals surface area contributed by atoms with Crippen LogP contribution in [0.25, 0.3) is 16.3 Å². The van der Waals surface area contributed by atoms with Gasteiger partial charge in [-0.1, -0.05) is 18.2 Å². The van der Waals surface area contributed by atoms with Gasteiger partial charge < -0.3 is 5.32 Å². The van der Waals surface area contributed by atoms with E-state index < -0.39 is 0 Å². The topological polar surface area (TPSA) is 42.0 Å². The normalized spacial score (nSPS) is 11.2. The van der Waals surface area contributed by atoms with E-state index in [1.807, 2.05) is 56.3 Å². The van der Waals surface area contributed by atoms with Crippen molar-refractivity contribution in [3.63, 3.8) is 0 Å². The highest BCUT2D eigenvalue weighted by molar-refractivity contribution is 7.19. The molecule has 1 aromatic heterocycles. The molecule has 0 unspecified atom stereocenters. The number of nitrogens with zero attached hydrogens (tertiary/aromatic N) is 1. The molecule has 0 saturated carbocycles. The van der Waals surface area contributed by atoms with Crippen LogP contribution in [0.3, 0.4) is 0 Å². The molecular formula is C18H16N2OS. The minimum atomic E-state index is -0.150. The molecule has 0 aliphatic rings. The van der Waals surface area contributed by atoms with Crippen molar-refractivity contribution < 1.29 is 4.79 Å². The number of hydrogen-bond acceptors (Lipinski definition) is 3. The second kappa shape index (κ2) is 6.12. The molecule has 3 aromatic rings. The highest BCUT2D eigenvalue weighted by atomic mass is 32.1. The third kappa shape index (κ3) is 3.23. The molecule has 0 bridgehead atoms. The molecule has 1 heterocycles. The summed E-state index contributed by atoms with van der Waals surface area (Å²) in [6, 6.07) is 13.8. The molecule has 0 saturated heterocycles. The lowest BCUT2D eigenvalue weighted by Gasteiger charge is -2.05. The Morgan fingerprint density at radius 2 is 1.95 bits per heavy atom. The molecule has 0 aliphatic heterocycles. The predicted molar refractivity (Wildman–Crippen MR) is 93.2 cm³/mol. The van der Waals surface area contributed by atoms with E-state index in [0.717, 1.165) is 26.5 Å². The first-order valence-electron chi connectivity index (χ1n) is 7.04. The van der Waals surface area contributed by atoms with Crippen LogP contribution in [0.1, 0.15) is 16.1 Å². The van der Waals surface area contributed by atoms with E-state index in [2.05, 4.69) is 10.3 Å². The Bertz CT molecular complexity index is 831. The molecule has 0 atom stereocenters. The Morgan fingerprint density at radius 3 is 2.73 bits per heavy atom. The van der Waals surface area contributed by atoms with Crippen LogP contribution in [0.4, 0.5) is 5.69 Å². The van der Waals surface area contributed by atoms with Crippen LogP contribution in [0.15, 0.2) is 48.5 Å². The van der Waals surface area contributed by atoms with Crippen LogP contribution in [0.2, 0.25) is 0 Å². The fourth-order valence-corrected chi connectivity index (χ4v) is 2.98. The van der Waals surface area contributed by atoms with E-state index in [1.54, 1.807) is 17.4 Å². The van der Waals surface area contributed by atoms with Gasteiger partial charge in [0.05, 0.1) is 10.2 Å². The molecule has 3 rings (SSSR count). The van der Waals surface area contributed by atoms with Gasteiger partial charge in [0.15, 0.2) is 0 Å². The number of amides is 1. The summed E-state index contributed by atoms with van der Waals surface area (Å²) >= 11 is 1.57. The summed E-state index contributed by atoms with van der Waals surface area (Å²) in [6.07, 6.45) is 3.27. The van der Waals surface area contributed by atoms with Crippen LogP contribution >= 0.6 is 11.3 Å². The maximum absolute atomic E-state index is 12.0. The van der Waals surface area contributed by atoms with Gasteiger partial charge in [-0.2, -0.15) is 0 Å². The number of carbonyl (C=O) groups is 1. The first-order chi connectivity index (χ1) is 10.6. The first-order valence-corrected chi connectivity index (χ1v) is 7.85. The smallest absolute Gasteiger partial charge is 0.248 e. The van der Waals surface area contributed by atoms with Gasteiger partial charge >= 0.3 is 0 Å². The fourth-order valence-electron chi connectivity index (χ4n) is 2.11. The number of aryl methyl sites for hydroxylation is 2. The second-order valence-electron chi connectivity index (χ2n) is 5.14. The van der Waals surface area contributed by atoms with Crippen molar-refractivity contribution >= 4 is 39.2 Å². The van der Waals surface area contributed by atoms with Gasteiger partial charge in [0.1, 0.15) is 5.01 Å². The maximum Gasteiger partial charge on any atom is 0.248 e. The molecule has 22 heavy (non-hydrogen) atoms. The van der Waals surface area contributed by atoms with Crippen LogP contribution < -0.4 is 5.32 Å². The predicted octanol–water partition coefficient (Wildman–Crippen LogP) is 4.57. The van der Waals surface area contributed by atoms with Crippen LogP contribution in [0, 0.1) is 13.8 Å². The minimum Gasteiger partial charge on any atom is -0.323 e. The van der Waals surface area contributed by atoms with Gasteiger partial charge in [-0.25, -0.2) is 4.98 Å². The molecule has 0 fully saturated rings. The molecule has 0 radical (unpaired) electrons. The highest BCUT2D eigenvalue weighted by Gasteiger charge is 2.02. The number of carbonyl (C=O) groups excluding carboxylic acids is 1. The lowest BCUT2D eigenvalue weighted by molar-refractivity contribution is -0.111. The summed E-state index contributed by atoms with van der Waals surface area (Å²) in [4.78, 5) is 16.4. The van der Waals surface area contributed by atoms with Crippen molar-refractivity contribution in [3.8, 4) is 0 Å². The van der Waals surface area contributed by atoms with Crippen LogP contribution in [-0.2, 0) is 4.79 Å². The van der Waals surface area contributed by atoms with Crippen molar-refractivity contribution in [2.75, 3.05) is 5.32 Å². The largest absolute Gasteiger partial charge is 0.323 e. The Hall–Kier alpha value is -2.46. The molecule has 1 amide bonds. The zero-order valence-corrected chi connectivity index (χ0v) is 13.3. The van der Waals surface area contributed by atoms with Gasteiger partial charge in [-0.3, -0.25) is 4.79 Å². The van der Waals surface area contributed by atoms with Crippen LogP contribution in [0.5, 0.6) is 0 Å². The number of fused-ring (bicyclic) bond motifs is 1. The Labute approximate surface area is 133 Å². The van der Waals surface area contributed by atoms with Gasteiger partial charge in [0, 0.05) is 11.8 Å². The molecule has 110 valence electrons. The molecule has 3 nitrogen and oxygen atoms in total. The maximum atomic E-state index is 12.0. The van der Waals surface area contributed by atoms with Gasteiger partial charge in [0.2, 0.25) is 5.91 Å². The fraction of sp³-hybridized carbons (Fsp3) is 0.111. The van der Waals surface area contributed by atoms with Gasteiger partial charge in [-0.05, 0) is 55.3 Å². The number of aromatic nitrogens is 1. The number of hydrogen-bond donors (Lipinski definition) is 1. The summed E-state index contributed by atoms with van der Waals surface area (Å²) in [7, 11) is 0. The lowest BCUT2D eigenvalue weighted by atomic mass is 10.1. The van der Waals surface area contributed by atoms with Crippen molar-refractivity contribution in [1.29, 1.82) is 0 Å². The monoisotopic (exact) mass is 308 g/mol.